The second-order valence-corrected chi connectivity index (χ2v) is 1.49. The van der Waals surface area contributed by atoms with Gasteiger partial charge >= 0.3 is 0 Å². The summed E-state index contributed by atoms with van der Waals surface area (Å²) in [7, 11) is 0. The Balaban J connectivity index is 3.33. The van der Waals surface area contributed by atoms with Gasteiger partial charge in [-0.3, -0.25) is 0 Å². The Morgan fingerprint density at radius 1 is 1.86 bits per heavy atom. The van der Waals surface area contributed by atoms with Gasteiger partial charge in [0.05, 0.1) is 0 Å². The molecule has 0 aromatic carbocycles. The highest BCUT2D eigenvalue weighted by atomic mass is 16.3. The summed E-state index contributed by atoms with van der Waals surface area (Å²) in [5.41, 5.74) is 5.07. The molecule has 0 saturated heterocycles. The molecule has 0 bridgehead atoms. The molecule has 0 radical (unpaired) electrons. The number of nitrogens with two attached hydrogens (primary N) is 1. The zero-order valence-corrected chi connectivity index (χ0v) is 4.16. The van der Waals surface area contributed by atoms with E-state index in [1.54, 1.807) is 6.92 Å². The lowest BCUT2D eigenvalue weighted by Gasteiger charge is -2.03. The predicted molar refractivity (Wildman–Crippen MR) is 25.7 cm³/mol. The number of aldehydes is 1. The largest absolute Gasteiger partial charge is 0.384 e. The lowest BCUT2D eigenvalue weighted by atomic mass is 10.2. The van der Waals surface area contributed by atoms with Gasteiger partial charge in [0.1, 0.15) is 12.4 Å². The highest BCUT2D eigenvalue weighted by Crippen LogP contribution is 1.80. The SMILES string of the molecule is CC(N)C(O)C=O. The minimum absolute atomic E-state index is 0.421. The van der Waals surface area contributed by atoms with Crippen LogP contribution in [0.5, 0.6) is 0 Å². The molecule has 0 fully saturated rings. The Labute approximate surface area is 42.1 Å². The van der Waals surface area contributed by atoms with Gasteiger partial charge in [-0.05, 0) is 6.92 Å². The minimum Gasteiger partial charge on any atom is -0.384 e. The zero-order chi connectivity index (χ0) is 5.86. The maximum absolute atomic E-state index is 9.62. The summed E-state index contributed by atoms with van der Waals surface area (Å²) in [5.74, 6) is 0. The van der Waals surface area contributed by atoms with Gasteiger partial charge in [0, 0.05) is 6.04 Å². The lowest BCUT2D eigenvalue weighted by Crippen LogP contribution is -2.32. The molecule has 0 aromatic heterocycles. The molecule has 3 N–H and O–H groups in total. The van der Waals surface area contributed by atoms with E-state index in [2.05, 4.69) is 0 Å². The Morgan fingerprint density at radius 3 is 2.29 bits per heavy atom. The first-order valence-electron chi connectivity index (χ1n) is 2.07. The summed E-state index contributed by atoms with van der Waals surface area (Å²) >= 11 is 0. The van der Waals surface area contributed by atoms with Crippen molar-refractivity contribution in [3.05, 3.63) is 0 Å². The molecule has 42 valence electrons. The van der Waals surface area contributed by atoms with Gasteiger partial charge < -0.3 is 15.6 Å². The van der Waals surface area contributed by atoms with E-state index in [-0.39, 0.29) is 0 Å². The van der Waals surface area contributed by atoms with Gasteiger partial charge in [-0.1, -0.05) is 0 Å². The van der Waals surface area contributed by atoms with E-state index in [1.165, 1.54) is 0 Å². The topological polar surface area (TPSA) is 63.3 Å². The molecule has 0 aliphatic heterocycles. The van der Waals surface area contributed by atoms with Crippen LogP contribution in [-0.4, -0.2) is 23.5 Å². The highest BCUT2D eigenvalue weighted by molar-refractivity contribution is 5.56. The van der Waals surface area contributed by atoms with Crippen molar-refractivity contribution in [1.82, 2.24) is 0 Å². The molecule has 0 aromatic rings. The Hall–Kier alpha value is -0.410. The quantitative estimate of drug-likeness (QED) is 0.436. The van der Waals surface area contributed by atoms with Gasteiger partial charge in [-0.25, -0.2) is 0 Å². The summed E-state index contributed by atoms with van der Waals surface area (Å²) in [4.78, 5) is 9.62. The van der Waals surface area contributed by atoms with Crippen molar-refractivity contribution >= 4 is 6.29 Å². The normalized spacial score (nSPS) is 18.1. The van der Waals surface area contributed by atoms with Crippen LogP contribution in [0.2, 0.25) is 0 Å². The number of carbonyl (C=O) groups excluding carboxylic acids is 1. The number of carbonyl (C=O) groups is 1. The van der Waals surface area contributed by atoms with Gasteiger partial charge in [0.2, 0.25) is 0 Å². The van der Waals surface area contributed by atoms with Crippen molar-refractivity contribution in [2.24, 2.45) is 5.73 Å². The van der Waals surface area contributed by atoms with Crippen LogP contribution in [-0.2, 0) is 4.79 Å². The summed E-state index contributed by atoms with van der Waals surface area (Å²) in [6.07, 6.45) is -0.579. The zero-order valence-electron chi connectivity index (χ0n) is 4.16. The maximum atomic E-state index is 9.62. The van der Waals surface area contributed by atoms with Crippen LogP contribution in [0, 0.1) is 0 Å². The molecule has 0 saturated carbocycles. The number of hydrogen-bond donors (Lipinski definition) is 2. The van der Waals surface area contributed by atoms with Crippen molar-refractivity contribution in [1.29, 1.82) is 0 Å². The van der Waals surface area contributed by atoms with E-state index in [9.17, 15) is 4.79 Å². The highest BCUT2D eigenvalue weighted by Gasteiger charge is 2.04. The molecule has 0 aliphatic carbocycles. The van der Waals surface area contributed by atoms with Crippen molar-refractivity contribution in [3.63, 3.8) is 0 Å². The number of aliphatic hydroxyl groups is 1. The number of aliphatic hydroxyl groups excluding tert-OH is 1. The first-order chi connectivity index (χ1) is 3.18. The standard InChI is InChI=1S/C4H9NO2/c1-3(5)4(7)2-6/h2-4,7H,5H2,1H3. The molecule has 3 nitrogen and oxygen atoms in total. The third-order valence-electron chi connectivity index (χ3n) is 0.678. The average molecular weight is 103 g/mol. The molecular formula is C4H9NO2. The first kappa shape index (κ1) is 6.59. The van der Waals surface area contributed by atoms with Crippen LogP contribution in [0.3, 0.4) is 0 Å². The first-order valence-corrected chi connectivity index (χ1v) is 2.07. The Bertz CT molecular complexity index is 62.7. The van der Waals surface area contributed by atoms with Crippen molar-refractivity contribution in [2.75, 3.05) is 0 Å². The average Bonchev–Trinajstić information content (AvgIpc) is 1.65. The van der Waals surface area contributed by atoms with Crippen LogP contribution in [0.4, 0.5) is 0 Å². The number of rotatable bonds is 2. The number of hydrogen-bond acceptors (Lipinski definition) is 3. The van der Waals surface area contributed by atoms with Crippen LogP contribution in [0.15, 0.2) is 0 Å². The summed E-state index contributed by atoms with van der Waals surface area (Å²) < 4.78 is 0. The van der Waals surface area contributed by atoms with E-state index in [0.29, 0.717) is 6.29 Å². The van der Waals surface area contributed by atoms with Gasteiger partial charge in [-0.15, -0.1) is 0 Å². The minimum atomic E-state index is -1.00. The molecule has 2 atom stereocenters. The van der Waals surface area contributed by atoms with Crippen LogP contribution < -0.4 is 5.73 Å². The fourth-order valence-electron chi connectivity index (χ4n) is 0.124. The second-order valence-electron chi connectivity index (χ2n) is 1.49. The summed E-state index contributed by atoms with van der Waals surface area (Å²) in [6, 6.07) is -0.447. The van der Waals surface area contributed by atoms with E-state index >= 15 is 0 Å². The Morgan fingerprint density at radius 2 is 2.29 bits per heavy atom. The third kappa shape index (κ3) is 2.31. The second kappa shape index (κ2) is 2.71. The Kier molecular flexibility index (Phi) is 2.55. The van der Waals surface area contributed by atoms with Gasteiger partial charge in [-0.2, -0.15) is 0 Å². The fourth-order valence-corrected chi connectivity index (χ4v) is 0.124. The molecule has 0 aliphatic rings. The molecule has 3 heteroatoms. The molecule has 7 heavy (non-hydrogen) atoms. The third-order valence-corrected chi connectivity index (χ3v) is 0.678. The van der Waals surface area contributed by atoms with E-state index in [0.717, 1.165) is 0 Å². The van der Waals surface area contributed by atoms with Crippen molar-refractivity contribution in [3.8, 4) is 0 Å². The van der Waals surface area contributed by atoms with Crippen LogP contribution in [0.1, 0.15) is 6.92 Å². The van der Waals surface area contributed by atoms with Gasteiger partial charge in [0.25, 0.3) is 0 Å². The van der Waals surface area contributed by atoms with E-state index < -0.39 is 12.1 Å². The molecule has 0 heterocycles. The molecular weight excluding hydrogens is 94.0 g/mol. The van der Waals surface area contributed by atoms with Crippen LogP contribution >= 0.6 is 0 Å². The van der Waals surface area contributed by atoms with Crippen molar-refractivity contribution in [2.45, 2.75) is 19.1 Å². The maximum Gasteiger partial charge on any atom is 0.150 e. The molecule has 2 unspecified atom stereocenters. The molecule has 0 spiro atoms. The van der Waals surface area contributed by atoms with Crippen LogP contribution in [0.25, 0.3) is 0 Å². The molecule has 0 rings (SSSR count). The van der Waals surface area contributed by atoms with E-state index in [4.69, 9.17) is 10.8 Å². The predicted octanol–water partition coefficient (Wildman–Crippen LogP) is -1.11. The van der Waals surface area contributed by atoms with E-state index in [1.807, 2.05) is 0 Å². The smallest absolute Gasteiger partial charge is 0.150 e. The summed E-state index contributed by atoms with van der Waals surface area (Å²) in [6.45, 7) is 1.57. The fraction of sp³-hybridized carbons (Fsp3) is 0.750. The molecule has 0 amide bonds. The van der Waals surface area contributed by atoms with Gasteiger partial charge in [0.15, 0.2) is 0 Å². The monoisotopic (exact) mass is 103 g/mol. The van der Waals surface area contributed by atoms with Crippen molar-refractivity contribution < 1.29 is 9.90 Å². The summed E-state index contributed by atoms with van der Waals surface area (Å²) in [5, 5.41) is 8.44. The lowest BCUT2D eigenvalue weighted by molar-refractivity contribution is -0.115.